The molecule has 1 atom stereocenters. The van der Waals surface area contributed by atoms with Gasteiger partial charge in [-0.05, 0) is 50.9 Å². The molecule has 2 heteroatoms. The van der Waals surface area contributed by atoms with E-state index in [-0.39, 0.29) is 11.4 Å². The minimum atomic E-state index is -0.0432. The third-order valence-electron chi connectivity index (χ3n) is 3.71. The molecule has 1 aromatic rings. The molecule has 0 heterocycles. The summed E-state index contributed by atoms with van der Waals surface area (Å²) >= 11 is 0. The van der Waals surface area contributed by atoms with Crippen LogP contribution in [-0.4, -0.2) is 12.6 Å². The number of likely N-dealkylation sites (N-methyl/N-ethyl adjacent to an activating group) is 1. The third kappa shape index (κ3) is 1.67. The molecule has 2 rings (SSSR count). The van der Waals surface area contributed by atoms with Crippen molar-refractivity contribution in [2.24, 2.45) is 0 Å². The van der Waals surface area contributed by atoms with Crippen molar-refractivity contribution < 1.29 is 4.39 Å². The van der Waals surface area contributed by atoms with Gasteiger partial charge in [-0.2, -0.15) is 0 Å². The van der Waals surface area contributed by atoms with Crippen LogP contribution in [0.25, 0.3) is 0 Å². The second-order valence-electron chi connectivity index (χ2n) is 4.88. The molecular weight excluding hydrogens is 189 g/mol. The van der Waals surface area contributed by atoms with E-state index >= 15 is 0 Å². The first kappa shape index (κ1) is 10.6. The molecule has 0 fully saturated rings. The molecule has 0 saturated heterocycles. The number of halogens is 1. The molecule has 1 N–H and O–H groups in total. The summed E-state index contributed by atoms with van der Waals surface area (Å²) in [4.78, 5) is 0. The zero-order chi connectivity index (χ0) is 11.1. The van der Waals surface area contributed by atoms with Gasteiger partial charge in [-0.25, -0.2) is 4.39 Å². The van der Waals surface area contributed by atoms with E-state index in [0.717, 1.165) is 18.4 Å². The van der Waals surface area contributed by atoms with Crippen LogP contribution in [0.4, 0.5) is 4.39 Å². The summed E-state index contributed by atoms with van der Waals surface area (Å²) in [5, 5.41) is 3.28. The number of benzene rings is 1. The lowest BCUT2D eigenvalue weighted by Gasteiger charge is -2.32. The van der Waals surface area contributed by atoms with Crippen LogP contribution >= 0.6 is 0 Å². The highest BCUT2D eigenvalue weighted by Crippen LogP contribution is 2.41. The average molecular weight is 207 g/mol. The van der Waals surface area contributed by atoms with Crippen LogP contribution in [0.1, 0.15) is 37.3 Å². The van der Waals surface area contributed by atoms with Crippen molar-refractivity contribution >= 4 is 0 Å². The molecule has 0 aliphatic heterocycles. The Hall–Kier alpha value is -0.890. The maximum Gasteiger partial charge on any atom is 0.127 e. The summed E-state index contributed by atoms with van der Waals surface area (Å²) in [6.07, 6.45) is 2.05. The van der Waals surface area contributed by atoms with Gasteiger partial charge < -0.3 is 5.32 Å². The summed E-state index contributed by atoms with van der Waals surface area (Å²) in [7, 11) is 1.94. The van der Waals surface area contributed by atoms with E-state index in [2.05, 4.69) is 19.2 Å². The lowest BCUT2D eigenvalue weighted by Crippen LogP contribution is -2.41. The molecule has 0 spiro atoms. The highest BCUT2D eigenvalue weighted by molar-refractivity contribution is 5.38. The van der Waals surface area contributed by atoms with Crippen LogP contribution in [0.5, 0.6) is 0 Å². The molecule has 0 amide bonds. The number of rotatable bonds is 2. The Morgan fingerprint density at radius 3 is 2.80 bits per heavy atom. The Balaban J connectivity index is 2.44. The van der Waals surface area contributed by atoms with Crippen LogP contribution < -0.4 is 5.32 Å². The van der Waals surface area contributed by atoms with Crippen LogP contribution in [0.2, 0.25) is 0 Å². The number of aryl methyl sites for hydroxylation is 1. The second kappa shape index (κ2) is 3.60. The van der Waals surface area contributed by atoms with E-state index in [1.54, 1.807) is 6.07 Å². The Kier molecular flexibility index (Phi) is 2.55. The van der Waals surface area contributed by atoms with Crippen molar-refractivity contribution in [1.29, 1.82) is 0 Å². The zero-order valence-corrected chi connectivity index (χ0v) is 9.60. The van der Waals surface area contributed by atoms with Gasteiger partial charge in [0.15, 0.2) is 0 Å². The largest absolute Gasteiger partial charge is 0.314 e. The van der Waals surface area contributed by atoms with Crippen LogP contribution in [0.15, 0.2) is 18.2 Å². The normalized spacial score (nSPS) is 20.4. The number of hydrogen-bond donors (Lipinski definition) is 1. The third-order valence-corrected chi connectivity index (χ3v) is 3.71. The first-order valence-corrected chi connectivity index (χ1v) is 5.52. The van der Waals surface area contributed by atoms with E-state index in [0.29, 0.717) is 5.92 Å². The minimum Gasteiger partial charge on any atom is -0.314 e. The van der Waals surface area contributed by atoms with E-state index in [1.165, 1.54) is 5.56 Å². The molecular formula is C13H18FN. The molecule has 1 unspecified atom stereocenters. The van der Waals surface area contributed by atoms with Gasteiger partial charge in [0.2, 0.25) is 0 Å². The fourth-order valence-corrected chi connectivity index (χ4v) is 2.53. The predicted octanol–water partition coefficient (Wildman–Crippen LogP) is 2.85. The van der Waals surface area contributed by atoms with Gasteiger partial charge in [0.1, 0.15) is 5.82 Å². The summed E-state index contributed by atoms with van der Waals surface area (Å²) in [5.74, 6) is 0.247. The maximum absolute atomic E-state index is 13.8. The first-order valence-electron chi connectivity index (χ1n) is 5.52. The van der Waals surface area contributed by atoms with Crippen LogP contribution in [0.3, 0.4) is 0 Å². The van der Waals surface area contributed by atoms with Crippen molar-refractivity contribution in [2.75, 3.05) is 7.05 Å². The fourth-order valence-electron chi connectivity index (χ4n) is 2.53. The molecule has 0 bridgehead atoms. The van der Waals surface area contributed by atoms with Crippen molar-refractivity contribution in [3.8, 4) is 0 Å². The predicted molar refractivity (Wildman–Crippen MR) is 60.6 cm³/mol. The fraction of sp³-hybridized carbons (Fsp3) is 0.538. The second-order valence-corrected chi connectivity index (χ2v) is 4.88. The number of nitrogens with one attached hydrogen (secondary N) is 1. The molecule has 1 nitrogen and oxygen atoms in total. The van der Waals surface area contributed by atoms with E-state index in [9.17, 15) is 4.39 Å². The van der Waals surface area contributed by atoms with Crippen LogP contribution in [-0.2, 0) is 6.42 Å². The first-order chi connectivity index (χ1) is 7.06. The lowest BCUT2D eigenvalue weighted by atomic mass is 9.83. The van der Waals surface area contributed by atoms with Gasteiger partial charge in [0.25, 0.3) is 0 Å². The molecule has 0 aromatic heterocycles. The van der Waals surface area contributed by atoms with Crippen molar-refractivity contribution in [2.45, 2.75) is 38.1 Å². The number of hydrogen-bond acceptors (Lipinski definition) is 1. The Bertz CT molecular complexity index is 371. The highest BCUT2D eigenvalue weighted by atomic mass is 19.1. The quantitative estimate of drug-likeness (QED) is 0.786. The van der Waals surface area contributed by atoms with Gasteiger partial charge in [-0.3, -0.25) is 0 Å². The molecule has 82 valence electrons. The molecule has 1 aliphatic carbocycles. The summed E-state index contributed by atoms with van der Waals surface area (Å²) in [5.41, 5.74) is 2.08. The maximum atomic E-state index is 13.8. The smallest absolute Gasteiger partial charge is 0.127 e. The summed E-state index contributed by atoms with van der Waals surface area (Å²) < 4.78 is 13.8. The van der Waals surface area contributed by atoms with E-state index < -0.39 is 0 Å². The van der Waals surface area contributed by atoms with E-state index in [1.807, 2.05) is 19.2 Å². The molecule has 1 aromatic carbocycles. The van der Waals surface area contributed by atoms with Gasteiger partial charge in [-0.15, -0.1) is 0 Å². The van der Waals surface area contributed by atoms with Gasteiger partial charge in [0.05, 0.1) is 0 Å². The monoisotopic (exact) mass is 207 g/mol. The van der Waals surface area contributed by atoms with Crippen LogP contribution in [0, 0.1) is 5.82 Å². The Labute approximate surface area is 90.7 Å². The van der Waals surface area contributed by atoms with Gasteiger partial charge >= 0.3 is 0 Å². The van der Waals surface area contributed by atoms with Gasteiger partial charge in [-0.1, -0.05) is 12.1 Å². The standard InChI is InChI=1S/C13H18FN/c1-13(2,15-3)10-8-7-9-5-4-6-11(14)12(9)10/h4-6,10,15H,7-8H2,1-3H3. The molecule has 0 saturated carbocycles. The lowest BCUT2D eigenvalue weighted by molar-refractivity contribution is 0.335. The Morgan fingerprint density at radius 1 is 1.40 bits per heavy atom. The zero-order valence-electron chi connectivity index (χ0n) is 9.60. The minimum absolute atomic E-state index is 0.0343. The van der Waals surface area contributed by atoms with E-state index in [4.69, 9.17) is 0 Å². The van der Waals surface area contributed by atoms with Crippen molar-refractivity contribution in [3.63, 3.8) is 0 Å². The highest BCUT2D eigenvalue weighted by Gasteiger charge is 2.36. The molecule has 0 radical (unpaired) electrons. The Morgan fingerprint density at radius 2 is 2.13 bits per heavy atom. The SMILES string of the molecule is CNC(C)(C)C1CCc2cccc(F)c21. The molecule has 1 aliphatic rings. The number of fused-ring (bicyclic) bond motifs is 1. The summed E-state index contributed by atoms with van der Waals surface area (Å²) in [6.45, 7) is 4.28. The van der Waals surface area contributed by atoms with Crippen molar-refractivity contribution in [3.05, 3.63) is 35.1 Å². The van der Waals surface area contributed by atoms with Gasteiger partial charge in [0, 0.05) is 11.5 Å². The topological polar surface area (TPSA) is 12.0 Å². The summed E-state index contributed by atoms with van der Waals surface area (Å²) in [6, 6.07) is 5.43. The average Bonchev–Trinajstić information content (AvgIpc) is 2.63. The molecule has 15 heavy (non-hydrogen) atoms. The van der Waals surface area contributed by atoms with Crippen molar-refractivity contribution in [1.82, 2.24) is 5.32 Å².